The van der Waals surface area contributed by atoms with Gasteiger partial charge in [-0.1, -0.05) is 31.9 Å². The Hall–Kier alpha value is -2.13. The summed E-state index contributed by atoms with van der Waals surface area (Å²) in [6, 6.07) is 7.45. The molecule has 0 fully saturated rings. The number of ether oxygens (including phenoxy) is 4. The number of nitrogens with one attached hydrogen (secondary N) is 2. The molecule has 0 saturated heterocycles. The molecule has 9 heteroatoms. The molecule has 0 aromatic heterocycles. The topological polar surface area (TPSA) is 78.1 Å². The molecule has 0 unspecified atom stereocenters. The van der Waals surface area contributed by atoms with Crippen molar-refractivity contribution in [1.82, 2.24) is 10.6 Å². The molecule has 0 radical (unpaired) electrons. The van der Waals surface area contributed by atoms with Crippen LogP contribution < -0.4 is 29.6 Å². The minimum Gasteiger partial charge on any atom is -0.454 e. The Morgan fingerprint density at radius 3 is 1.57 bits per heavy atom. The summed E-state index contributed by atoms with van der Waals surface area (Å²) < 4.78 is 23.3. The van der Waals surface area contributed by atoms with Crippen molar-refractivity contribution in [2.24, 2.45) is 0 Å². The molecule has 2 aliphatic heterocycles. The number of hydrogen-bond acceptors (Lipinski definition) is 5. The number of fused-ring (bicyclic) bond motifs is 2. The lowest BCUT2D eigenvalue weighted by Crippen LogP contribution is -2.37. The van der Waals surface area contributed by atoms with Crippen LogP contribution in [0.1, 0.15) is 11.1 Å². The lowest BCUT2D eigenvalue weighted by atomic mass is 10.1. The molecule has 0 aliphatic carbocycles. The second-order valence-corrected chi connectivity index (χ2v) is 7.99. The van der Waals surface area contributed by atoms with Gasteiger partial charge in [-0.05, 0) is 48.2 Å². The zero-order chi connectivity index (χ0) is 19.5. The van der Waals surface area contributed by atoms with Gasteiger partial charge in [-0.2, -0.15) is 0 Å². The lowest BCUT2D eigenvalue weighted by molar-refractivity contribution is 0.173. The summed E-state index contributed by atoms with van der Waals surface area (Å²) in [4.78, 5) is 12.0. The van der Waals surface area contributed by atoms with E-state index in [1.54, 1.807) is 0 Å². The maximum absolute atomic E-state index is 12.0. The average Bonchev–Trinajstić information content (AvgIpc) is 3.30. The van der Waals surface area contributed by atoms with E-state index in [2.05, 4.69) is 42.5 Å². The van der Waals surface area contributed by atoms with Crippen LogP contribution in [0.25, 0.3) is 0 Å². The van der Waals surface area contributed by atoms with E-state index in [1.165, 1.54) is 0 Å². The van der Waals surface area contributed by atoms with Crippen LogP contribution >= 0.6 is 31.9 Å². The van der Waals surface area contributed by atoms with Gasteiger partial charge in [-0.15, -0.1) is 0 Å². The molecule has 148 valence electrons. The molecule has 2 amide bonds. The lowest BCUT2D eigenvalue weighted by Gasteiger charge is -2.10. The van der Waals surface area contributed by atoms with Crippen LogP contribution in [-0.4, -0.2) is 32.7 Å². The van der Waals surface area contributed by atoms with E-state index in [1.807, 2.05) is 24.3 Å². The Morgan fingerprint density at radius 1 is 0.750 bits per heavy atom. The van der Waals surface area contributed by atoms with Crippen molar-refractivity contribution in [2.45, 2.75) is 12.8 Å². The van der Waals surface area contributed by atoms with E-state index >= 15 is 0 Å². The fourth-order valence-electron chi connectivity index (χ4n) is 2.99. The molecule has 0 bridgehead atoms. The van der Waals surface area contributed by atoms with Gasteiger partial charge in [0.25, 0.3) is 0 Å². The molecule has 2 aromatic carbocycles. The standard InChI is InChI=1S/C19H18Br2N2O5/c20-13-7-17-15(25-9-27-17)5-11(13)1-3-22-19(24)23-4-2-12-6-16-18(8-14(12)21)28-10-26-16/h5-8H,1-4,9-10H2,(H2,22,23,24). The molecule has 2 aromatic rings. The van der Waals surface area contributed by atoms with Gasteiger partial charge >= 0.3 is 6.03 Å². The highest BCUT2D eigenvalue weighted by Crippen LogP contribution is 2.38. The van der Waals surface area contributed by atoms with Crippen molar-refractivity contribution in [3.8, 4) is 23.0 Å². The molecule has 2 heterocycles. The van der Waals surface area contributed by atoms with Crippen molar-refractivity contribution in [3.05, 3.63) is 44.3 Å². The van der Waals surface area contributed by atoms with Crippen molar-refractivity contribution in [3.63, 3.8) is 0 Å². The van der Waals surface area contributed by atoms with Crippen LogP contribution in [0.2, 0.25) is 0 Å². The summed E-state index contributed by atoms with van der Waals surface area (Å²) >= 11 is 7.05. The number of halogens is 2. The van der Waals surface area contributed by atoms with Crippen LogP contribution in [0, 0.1) is 0 Å². The van der Waals surface area contributed by atoms with Crippen LogP contribution in [0.4, 0.5) is 4.79 Å². The fourth-order valence-corrected chi connectivity index (χ4v) is 4.03. The molecular formula is C19H18Br2N2O5. The first-order valence-electron chi connectivity index (χ1n) is 8.78. The van der Waals surface area contributed by atoms with Gasteiger partial charge in [0.05, 0.1) is 0 Å². The van der Waals surface area contributed by atoms with E-state index in [9.17, 15) is 4.79 Å². The average molecular weight is 514 g/mol. The summed E-state index contributed by atoms with van der Waals surface area (Å²) in [7, 11) is 0. The number of rotatable bonds is 6. The Kier molecular flexibility index (Phi) is 5.82. The number of hydrogen-bond donors (Lipinski definition) is 2. The molecule has 28 heavy (non-hydrogen) atoms. The molecular weight excluding hydrogens is 496 g/mol. The van der Waals surface area contributed by atoms with Gasteiger partial charge in [-0.25, -0.2) is 4.79 Å². The second kappa shape index (κ2) is 8.48. The first-order chi connectivity index (χ1) is 13.6. The maximum atomic E-state index is 12.0. The van der Waals surface area contributed by atoms with E-state index in [4.69, 9.17) is 18.9 Å². The van der Waals surface area contributed by atoms with Crippen molar-refractivity contribution < 1.29 is 23.7 Å². The third-order valence-corrected chi connectivity index (χ3v) is 5.92. The number of amides is 2. The predicted octanol–water partition coefficient (Wildman–Crippen LogP) is 3.75. The van der Waals surface area contributed by atoms with Gasteiger partial charge in [0.15, 0.2) is 23.0 Å². The maximum Gasteiger partial charge on any atom is 0.314 e. The number of carbonyl (C=O) groups excluding carboxylic acids is 1. The van der Waals surface area contributed by atoms with E-state index in [0.717, 1.165) is 43.1 Å². The van der Waals surface area contributed by atoms with Crippen LogP contribution in [0.15, 0.2) is 33.2 Å². The molecule has 7 nitrogen and oxygen atoms in total. The van der Waals surface area contributed by atoms with Crippen molar-refractivity contribution >= 4 is 37.9 Å². The number of urea groups is 1. The summed E-state index contributed by atoms with van der Waals surface area (Å²) in [5.41, 5.74) is 2.10. The molecule has 2 aliphatic rings. The van der Waals surface area contributed by atoms with Gasteiger partial charge in [0.2, 0.25) is 13.6 Å². The van der Waals surface area contributed by atoms with Crippen molar-refractivity contribution in [2.75, 3.05) is 26.7 Å². The Labute approximate surface area is 178 Å². The number of benzene rings is 2. The largest absolute Gasteiger partial charge is 0.454 e. The minimum atomic E-state index is -0.200. The highest BCUT2D eigenvalue weighted by Gasteiger charge is 2.17. The molecule has 2 N–H and O–H groups in total. The zero-order valence-electron chi connectivity index (χ0n) is 14.8. The SMILES string of the molecule is O=C(NCCc1cc2c(cc1Br)OCO2)NCCc1cc2c(cc1Br)OCO2. The molecule has 0 atom stereocenters. The first-order valence-corrected chi connectivity index (χ1v) is 10.4. The van der Waals surface area contributed by atoms with Gasteiger partial charge in [0.1, 0.15) is 0 Å². The quantitative estimate of drug-likeness (QED) is 0.615. The van der Waals surface area contributed by atoms with Crippen molar-refractivity contribution in [1.29, 1.82) is 0 Å². The summed E-state index contributed by atoms with van der Waals surface area (Å²) in [5.74, 6) is 2.93. The minimum absolute atomic E-state index is 0.200. The highest BCUT2D eigenvalue weighted by molar-refractivity contribution is 9.10. The summed E-state index contributed by atoms with van der Waals surface area (Å²) in [6.45, 7) is 1.51. The smallest absolute Gasteiger partial charge is 0.314 e. The summed E-state index contributed by atoms with van der Waals surface area (Å²) in [6.07, 6.45) is 1.36. The third-order valence-electron chi connectivity index (χ3n) is 4.44. The van der Waals surface area contributed by atoms with Gasteiger partial charge in [0, 0.05) is 22.0 Å². The summed E-state index contributed by atoms with van der Waals surface area (Å²) in [5, 5.41) is 5.74. The van der Waals surface area contributed by atoms with E-state index < -0.39 is 0 Å². The van der Waals surface area contributed by atoms with Gasteiger partial charge in [-0.3, -0.25) is 0 Å². The first kappa shape index (κ1) is 19.2. The normalized spacial score (nSPS) is 13.5. The molecule has 0 spiro atoms. The zero-order valence-corrected chi connectivity index (χ0v) is 18.0. The predicted molar refractivity (Wildman–Crippen MR) is 109 cm³/mol. The van der Waals surface area contributed by atoms with Crippen LogP contribution in [0.3, 0.4) is 0 Å². The monoisotopic (exact) mass is 512 g/mol. The van der Waals surface area contributed by atoms with Gasteiger partial charge < -0.3 is 29.6 Å². The Morgan fingerprint density at radius 2 is 1.14 bits per heavy atom. The Balaban J connectivity index is 1.21. The Bertz CT molecular complexity index is 835. The van der Waals surface area contributed by atoms with E-state index in [0.29, 0.717) is 25.9 Å². The second-order valence-electron chi connectivity index (χ2n) is 6.28. The molecule has 4 rings (SSSR count). The molecule has 0 saturated carbocycles. The van der Waals surface area contributed by atoms with E-state index in [-0.39, 0.29) is 19.6 Å². The number of carbonyl (C=O) groups is 1. The van der Waals surface area contributed by atoms with Crippen LogP contribution in [-0.2, 0) is 12.8 Å². The highest BCUT2D eigenvalue weighted by atomic mass is 79.9. The fraction of sp³-hybridized carbons (Fsp3) is 0.316. The van der Waals surface area contributed by atoms with Crippen LogP contribution in [0.5, 0.6) is 23.0 Å². The third kappa shape index (κ3) is 4.30.